The largest absolute Gasteiger partial charge is 0.351 e. The second kappa shape index (κ2) is 5.78. The predicted octanol–water partition coefficient (Wildman–Crippen LogP) is 2.58. The summed E-state index contributed by atoms with van der Waals surface area (Å²) in [6.07, 6.45) is 0.754. The van der Waals surface area contributed by atoms with Gasteiger partial charge in [0.1, 0.15) is 4.88 Å². The van der Waals surface area contributed by atoms with Crippen molar-refractivity contribution in [3.05, 3.63) is 10.6 Å². The number of carbonyl (C=O) groups is 1. The van der Waals surface area contributed by atoms with Crippen LogP contribution in [0.1, 0.15) is 49.5 Å². The van der Waals surface area contributed by atoms with Crippen LogP contribution < -0.4 is 5.32 Å². The van der Waals surface area contributed by atoms with E-state index in [1.165, 1.54) is 0 Å². The molecule has 1 aromatic rings. The smallest absolute Gasteiger partial charge is 0.264 e. The van der Waals surface area contributed by atoms with Crippen molar-refractivity contribution in [3.63, 3.8) is 0 Å². The topological polar surface area (TPSA) is 54.9 Å². The van der Waals surface area contributed by atoms with E-state index in [4.69, 9.17) is 11.6 Å². The van der Waals surface area contributed by atoms with Crippen molar-refractivity contribution >= 4 is 29.0 Å². The van der Waals surface area contributed by atoms with Crippen molar-refractivity contribution in [2.24, 2.45) is 0 Å². The molecule has 17 heavy (non-hydrogen) atoms. The van der Waals surface area contributed by atoms with Crippen LogP contribution in [0.2, 0.25) is 0 Å². The molecule has 1 unspecified atom stereocenters. The summed E-state index contributed by atoms with van der Waals surface area (Å²) in [5.41, 5.74) is 0.582. The van der Waals surface area contributed by atoms with Gasteiger partial charge in [0.05, 0.1) is 5.69 Å². The summed E-state index contributed by atoms with van der Waals surface area (Å²) in [6, 6.07) is 0. The number of alkyl halides is 1. The minimum absolute atomic E-state index is 0.0666. The van der Waals surface area contributed by atoms with Crippen molar-refractivity contribution in [2.75, 3.05) is 6.54 Å². The van der Waals surface area contributed by atoms with E-state index in [1.54, 1.807) is 0 Å². The average molecular weight is 276 g/mol. The van der Waals surface area contributed by atoms with E-state index < -0.39 is 0 Å². The van der Waals surface area contributed by atoms with Crippen LogP contribution in [0.3, 0.4) is 0 Å². The number of hydrogen-bond donors (Lipinski definition) is 1. The Hall–Kier alpha value is -0.680. The van der Waals surface area contributed by atoms with E-state index in [0.29, 0.717) is 11.4 Å². The van der Waals surface area contributed by atoms with E-state index in [0.717, 1.165) is 23.6 Å². The summed E-state index contributed by atoms with van der Waals surface area (Å²) in [4.78, 5) is 12.5. The van der Waals surface area contributed by atoms with Gasteiger partial charge in [-0.1, -0.05) is 25.3 Å². The third-order valence-corrected chi connectivity index (χ3v) is 3.18. The van der Waals surface area contributed by atoms with Gasteiger partial charge in [-0.25, -0.2) is 0 Å². The summed E-state index contributed by atoms with van der Waals surface area (Å²) in [5, 5.41) is 6.94. The summed E-state index contributed by atoms with van der Waals surface area (Å²) >= 11 is 6.95. The fourth-order valence-corrected chi connectivity index (χ4v) is 2.20. The third kappa shape index (κ3) is 4.24. The zero-order valence-electron chi connectivity index (χ0n) is 10.6. The summed E-state index contributed by atoms with van der Waals surface area (Å²) in [6.45, 7) is 8.53. The highest BCUT2D eigenvalue weighted by Crippen LogP contribution is 2.25. The molecule has 96 valence electrons. The minimum atomic E-state index is -0.167. The average Bonchev–Trinajstić information content (AvgIpc) is 2.64. The Morgan fingerprint density at radius 3 is 2.71 bits per heavy atom. The maximum absolute atomic E-state index is 11.9. The molecule has 1 atom stereocenters. The lowest BCUT2D eigenvalue weighted by Crippen LogP contribution is -2.27. The van der Waals surface area contributed by atoms with E-state index in [9.17, 15) is 4.79 Å². The maximum Gasteiger partial charge on any atom is 0.264 e. The van der Waals surface area contributed by atoms with Gasteiger partial charge in [-0.05, 0) is 24.9 Å². The first-order valence-corrected chi connectivity index (χ1v) is 6.78. The summed E-state index contributed by atoms with van der Waals surface area (Å²) < 4.78 is 3.86. The number of aromatic nitrogens is 2. The molecule has 0 saturated heterocycles. The standard InChI is InChI=1S/C11H18ClN3OS/c1-7(12)5-6-13-10(16)8-9(11(2,3)4)14-15-17-8/h7H,5-6H2,1-4H3,(H,13,16). The number of amides is 1. The molecule has 0 fully saturated rings. The molecule has 0 bridgehead atoms. The first-order chi connectivity index (χ1) is 7.82. The predicted molar refractivity (Wildman–Crippen MR) is 70.9 cm³/mol. The Bertz CT molecular complexity index is 384. The van der Waals surface area contributed by atoms with Crippen LogP contribution in [0.15, 0.2) is 0 Å². The highest BCUT2D eigenvalue weighted by Gasteiger charge is 2.25. The molecule has 0 aliphatic rings. The SMILES string of the molecule is CC(Cl)CCNC(=O)c1snnc1C(C)(C)C. The molecule has 1 N–H and O–H groups in total. The molecule has 0 aliphatic heterocycles. The molecular formula is C11H18ClN3OS. The molecule has 0 aliphatic carbocycles. The van der Waals surface area contributed by atoms with Crippen molar-refractivity contribution in [2.45, 2.75) is 44.9 Å². The van der Waals surface area contributed by atoms with Gasteiger partial charge in [0.2, 0.25) is 0 Å². The van der Waals surface area contributed by atoms with Crippen LogP contribution in [-0.4, -0.2) is 27.4 Å². The van der Waals surface area contributed by atoms with Gasteiger partial charge in [-0.15, -0.1) is 16.7 Å². The quantitative estimate of drug-likeness (QED) is 0.860. The maximum atomic E-state index is 11.9. The number of nitrogens with one attached hydrogen (secondary N) is 1. The van der Waals surface area contributed by atoms with Crippen LogP contribution >= 0.6 is 23.1 Å². The lowest BCUT2D eigenvalue weighted by atomic mass is 9.91. The van der Waals surface area contributed by atoms with Gasteiger partial charge >= 0.3 is 0 Å². The van der Waals surface area contributed by atoms with E-state index in [2.05, 4.69) is 14.9 Å². The Kier molecular flexibility index (Phi) is 4.89. The Morgan fingerprint density at radius 2 is 2.18 bits per heavy atom. The Balaban J connectivity index is 2.67. The minimum Gasteiger partial charge on any atom is -0.351 e. The second-order valence-electron chi connectivity index (χ2n) is 5.03. The zero-order valence-corrected chi connectivity index (χ0v) is 12.2. The summed E-state index contributed by atoms with van der Waals surface area (Å²) in [5.74, 6) is -0.109. The van der Waals surface area contributed by atoms with Crippen LogP contribution in [-0.2, 0) is 5.41 Å². The van der Waals surface area contributed by atoms with E-state index >= 15 is 0 Å². The fourth-order valence-electron chi connectivity index (χ4n) is 1.30. The van der Waals surface area contributed by atoms with E-state index in [1.807, 2.05) is 27.7 Å². The number of rotatable bonds is 4. The monoisotopic (exact) mass is 275 g/mol. The first-order valence-electron chi connectivity index (χ1n) is 5.57. The highest BCUT2D eigenvalue weighted by molar-refractivity contribution is 7.08. The van der Waals surface area contributed by atoms with Crippen molar-refractivity contribution in [1.82, 2.24) is 14.9 Å². The van der Waals surface area contributed by atoms with Crippen molar-refractivity contribution < 1.29 is 4.79 Å². The van der Waals surface area contributed by atoms with Crippen LogP contribution in [0.4, 0.5) is 0 Å². The molecule has 4 nitrogen and oxygen atoms in total. The van der Waals surface area contributed by atoms with Gasteiger partial charge in [0, 0.05) is 17.3 Å². The van der Waals surface area contributed by atoms with Gasteiger partial charge in [0.25, 0.3) is 5.91 Å². The lowest BCUT2D eigenvalue weighted by molar-refractivity contribution is 0.0955. The second-order valence-corrected chi connectivity index (χ2v) is 6.53. The molecule has 1 heterocycles. The molecule has 0 saturated carbocycles. The van der Waals surface area contributed by atoms with E-state index in [-0.39, 0.29) is 16.7 Å². The molecule has 0 spiro atoms. The Labute approximate surface area is 111 Å². The number of nitrogens with zero attached hydrogens (tertiary/aromatic N) is 2. The number of hydrogen-bond acceptors (Lipinski definition) is 4. The number of halogens is 1. The third-order valence-electron chi connectivity index (χ3n) is 2.23. The molecular weight excluding hydrogens is 258 g/mol. The van der Waals surface area contributed by atoms with Gasteiger partial charge in [0.15, 0.2) is 0 Å². The number of carbonyl (C=O) groups excluding carboxylic acids is 1. The van der Waals surface area contributed by atoms with Crippen LogP contribution in [0.5, 0.6) is 0 Å². The zero-order chi connectivity index (χ0) is 13.1. The van der Waals surface area contributed by atoms with Crippen LogP contribution in [0.25, 0.3) is 0 Å². The first kappa shape index (κ1) is 14.4. The Morgan fingerprint density at radius 1 is 1.53 bits per heavy atom. The fraction of sp³-hybridized carbons (Fsp3) is 0.727. The normalized spacial score (nSPS) is 13.5. The van der Waals surface area contributed by atoms with Gasteiger partial charge < -0.3 is 5.32 Å². The van der Waals surface area contributed by atoms with Crippen molar-refractivity contribution in [3.8, 4) is 0 Å². The highest BCUT2D eigenvalue weighted by atomic mass is 35.5. The molecule has 0 radical (unpaired) electrons. The molecule has 1 aromatic heterocycles. The molecule has 0 aromatic carbocycles. The summed E-state index contributed by atoms with van der Waals surface area (Å²) in [7, 11) is 0. The molecule has 1 rings (SSSR count). The lowest BCUT2D eigenvalue weighted by Gasteiger charge is -2.16. The van der Waals surface area contributed by atoms with Gasteiger partial charge in [-0.3, -0.25) is 4.79 Å². The molecule has 6 heteroatoms. The van der Waals surface area contributed by atoms with Gasteiger partial charge in [-0.2, -0.15) is 0 Å². The van der Waals surface area contributed by atoms with Crippen LogP contribution in [0, 0.1) is 0 Å². The van der Waals surface area contributed by atoms with Crippen molar-refractivity contribution in [1.29, 1.82) is 0 Å². The molecule has 1 amide bonds.